The highest BCUT2D eigenvalue weighted by atomic mass is 35.5. The predicted octanol–water partition coefficient (Wildman–Crippen LogP) is 1.11. The van der Waals surface area contributed by atoms with Gasteiger partial charge >= 0.3 is 0 Å². The van der Waals surface area contributed by atoms with Crippen LogP contribution < -0.4 is 5.32 Å². The third-order valence-electron chi connectivity index (χ3n) is 5.42. The number of ether oxygens (including phenoxy) is 1. The van der Waals surface area contributed by atoms with Crippen LogP contribution >= 0.6 is 12.4 Å². The maximum absolute atomic E-state index is 13.1. The normalized spacial score (nSPS) is 19.3. The van der Waals surface area contributed by atoms with E-state index in [9.17, 15) is 14.7 Å². The fourth-order valence-electron chi connectivity index (χ4n) is 3.87. The van der Waals surface area contributed by atoms with Crippen molar-refractivity contribution in [2.24, 2.45) is 5.41 Å². The summed E-state index contributed by atoms with van der Waals surface area (Å²) < 4.78 is 5.36. The Morgan fingerprint density at radius 2 is 1.70 bits per heavy atom. The van der Waals surface area contributed by atoms with Gasteiger partial charge in [-0.1, -0.05) is 12.1 Å². The minimum absolute atomic E-state index is 0. The molecule has 2 saturated heterocycles. The summed E-state index contributed by atoms with van der Waals surface area (Å²) in [4.78, 5) is 29.3. The number of phenolic OH excluding ortho intramolecular Hbond substituents is 1. The minimum Gasteiger partial charge on any atom is -0.507 e. The Morgan fingerprint density at radius 3 is 2.30 bits per heavy atom. The summed E-state index contributed by atoms with van der Waals surface area (Å²) in [5.41, 5.74) is -0.148. The van der Waals surface area contributed by atoms with Crippen LogP contribution in [0.5, 0.6) is 5.75 Å². The molecule has 0 saturated carbocycles. The molecule has 8 heteroatoms. The third-order valence-corrected chi connectivity index (χ3v) is 5.42. The maximum Gasteiger partial charge on any atom is 0.257 e. The lowest BCUT2D eigenvalue weighted by atomic mass is 9.78. The number of methoxy groups -OCH3 is 1. The second kappa shape index (κ2) is 9.39. The van der Waals surface area contributed by atoms with Crippen LogP contribution in [0.15, 0.2) is 24.3 Å². The van der Waals surface area contributed by atoms with E-state index in [-0.39, 0.29) is 30.0 Å². The fraction of sp³-hybridized carbons (Fsp3) is 0.579. The average molecular weight is 398 g/mol. The molecular weight excluding hydrogens is 370 g/mol. The molecule has 3 rings (SSSR count). The molecule has 1 aromatic carbocycles. The van der Waals surface area contributed by atoms with Crippen molar-refractivity contribution >= 4 is 24.2 Å². The van der Waals surface area contributed by atoms with E-state index in [0.29, 0.717) is 38.3 Å². The highest BCUT2D eigenvalue weighted by molar-refractivity contribution is 5.97. The monoisotopic (exact) mass is 397 g/mol. The van der Waals surface area contributed by atoms with E-state index in [1.165, 1.54) is 6.07 Å². The Balaban J connectivity index is 0.00000261. The first-order valence-corrected chi connectivity index (χ1v) is 9.14. The summed E-state index contributed by atoms with van der Waals surface area (Å²) in [6.07, 6.45) is 1.55. The van der Waals surface area contributed by atoms with E-state index in [4.69, 9.17) is 4.74 Å². The predicted molar refractivity (Wildman–Crippen MR) is 104 cm³/mol. The van der Waals surface area contributed by atoms with Gasteiger partial charge in [0, 0.05) is 33.3 Å². The SMILES string of the molecule is COCC1(C(=O)N2CCN(C(=O)c3ccccc3O)CC2)CCNCC1.Cl. The van der Waals surface area contributed by atoms with Gasteiger partial charge in [-0.25, -0.2) is 0 Å². The van der Waals surface area contributed by atoms with Crippen molar-refractivity contribution in [2.75, 3.05) is 53.0 Å². The third kappa shape index (κ3) is 4.54. The van der Waals surface area contributed by atoms with Crippen LogP contribution in [0.2, 0.25) is 0 Å². The first-order valence-electron chi connectivity index (χ1n) is 9.14. The lowest BCUT2D eigenvalue weighted by molar-refractivity contribution is -0.149. The maximum atomic E-state index is 13.1. The van der Waals surface area contributed by atoms with Crippen LogP contribution in [-0.2, 0) is 9.53 Å². The van der Waals surface area contributed by atoms with Gasteiger partial charge < -0.3 is 25.0 Å². The number of aromatic hydroxyl groups is 1. The Hall–Kier alpha value is -1.83. The molecule has 27 heavy (non-hydrogen) atoms. The van der Waals surface area contributed by atoms with E-state index in [0.717, 1.165) is 25.9 Å². The molecule has 2 fully saturated rings. The number of halogens is 1. The number of para-hydroxylation sites is 1. The zero-order valence-corrected chi connectivity index (χ0v) is 16.5. The Bertz CT molecular complexity index is 651. The number of nitrogens with one attached hydrogen (secondary N) is 1. The number of benzene rings is 1. The number of hydrogen-bond acceptors (Lipinski definition) is 5. The van der Waals surface area contributed by atoms with Crippen LogP contribution in [-0.4, -0.2) is 79.7 Å². The van der Waals surface area contributed by atoms with Crippen LogP contribution in [0.1, 0.15) is 23.2 Å². The van der Waals surface area contributed by atoms with Gasteiger partial charge in [0.25, 0.3) is 5.91 Å². The van der Waals surface area contributed by atoms with Gasteiger partial charge in [-0.2, -0.15) is 0 Å². The second-order valence-electron chi connectivity index (χ2n) is 7.06. The molecule has 2 N–H and O–H groups in total. The number of nitrogens with zero attached hydrogens (tertiary/aromatic N) is 2. The van der Waals surface area contributed by atoms with Gasteiger partial charge in [-0.05, 0) is 38.1 Å². The zero-order chi connectivity index (χ0) is 18.6. The summed E-state index contributed by atoms with van der Waals surface area (Å²) in [7, 11) is 1.64. The van der Waals surface area contributed by atoms with Gasteiger partial charge in [0.1, 0.15) is 5.75 Å². The van der Waals surface area contributed by atoms with E-state index < -0.39 is 5.41 Å². The van der Waals surface area contributed by atoms with Crippen molar-refractivity contribution in [3.63, 3.8) is 0 Å². The topological polar surface area (TPSA) is 82.1 Å². The van der Waals surface area contributed by atoms with Crippen molar-refractivity contribution in [2.45, 2.75) is 12.8 Å². The molecule has 0 atom stereocenters. The quantitative estimate of drug-likeness (QED) is 0.795. The number of carbonyl (C=O) groups excluding carboxylic acids is 2. The van der Waals surface area contributed by atoms with Crippen LogP contribution in [0, 0.1) is 5.41 Å². The smallest absolute Gasteiger partial charge is 0.257 e. The van der Waals surface area contributed by atoms with Gasteiger partial charge in [-0.3, -0.25) is 9.59 Å². The molecule has 2 amide bonds. The minimum atomic E-state index is -0.454. The van der Waals surface area contributed by atoms with E-state index in [1.807, 2.05) is 4.90 Å². The van der Waals surface area contributed by atoms with Gasteiger partial charge in [0.2, 0.25) is 5.91 Å². The molecule has 0 aliphatic carbocycles. The fourth-order valence-corrected chi connectivity index (χ4v) is 3.87. The van der Waals surface area contributed by atoms with Crippen LogP contribution in [0.4, 0.5) is 0 Å². The lowest BCUT2D eigenvalue weighted by Crippen LogP contribution is -2.57. The summed E-state index contributed by atoms with van der Waals surface area (Å²) in [6, 6.07) is 6.56. The number of carbonyl (C=O) groups is 2. The molecule has 2 aliphatic heterocycles. The molecule has 0 spiro atoms. The first kappa shape index (κ1) is 21.5. The Kier molecular flexibility index (Phi) is 7.47. The summed E-state index contributed by atoms with van der Waals surface area (Å²) in [5.74, 6) is -0.0658. The highest BCUT2D eigenvalue weighted by Crippen LogP contribution is 2.32. The highest BCUT2D eigenvalue weighted by Gasteiger charge is 2.43. The Labute approximate surface area is 166 Å². The van der Waals surface area contributed by atoms with E-state index in [1.54, 1.807) is 30.2 Å². The number of piperazine rings is 1. The molecule has 2 aliphatic rings. The molecule has 0 bridgehead atoms. The van der Waals surface area contributed by atoms with Crippen LogP contribution in [0.25, 0.3) is 0 Å². The summed E-state index contributed by atoms with van der Waals surface area (Å²) in [6.45, 7) is 4.04. The largest absolute Gasteiger partial charge is 0.507 e. The average Bonchev–Trinajstić information content (AvgIpc) is 2.68. The van der Waals surface area contributed by atoms with Crippen molar-refractivity contribution < 1.29 is 19.4 Å². The van der Waals surface area contributed by atoms with Crippen molar-refractivity contribution in [3.05, 3.63) is 29.8 Å². The van der Waals surface area contributed by atoms with Gasteiger partial charge in [-0.15, -0.1) is 12.4 Å². The number of piperidine rings is 1. The summed E-state index contributed by atoms with van der Waals surface area (Å²) >= 11 is 0. The lowest BCUT2D eigenvalue weighted by Gasteiger charge is -2.42. The summed E-state index contributed by atoms with van der Waals surface area (Å²) in [5, 5.41) is 13.2. The van der Waals surface area contributed by atoms with Crippen molar-refractivity contribution in [1.29, 1.82) is 0 Å². The number of hydrogen-bond donors (Lipinski definition) is 2. The van der Waals surface area contributed by atoms with Crippen molar-refractivity contribution in [1.82, 2.24) is 15.1 Å². The molecule has 150 valence electrons. The molecule has 7 nitrogen and oxygen atoms in total. The Morgan fingerprint density at radius 1 is 1.11 bits per heavy atom. The molecule has 0 aromatic heterocycles. The molecular formula is C19H28ClN3O4. The number of amides is 2. The van der Waals surface area contributed by atoms with Gasteiger partial charge in [0.15, 0.2) is 0 Å². The second-order valence-corrected chi connectivity index (χ2v) is 7.06. The number of rotatable bonds is 4. The van der Waals surface area contributed by atoms with Crippen molar-refractivity contribution in [3.8, 4) is 5.75 Å². The van der Waals surface area contributed by atoms with E-state index in [2.05, 4.69) is 5.32 Å². The molecule has 0 radical (unpaired) electrons. The van der Waals surface area contributed by atoms with Crippen LogP contribution in [0.3, 0.4) is 0 Å². The zero-order valence-electron chi connectivity index (χ0n) is 15.6. The molecule has 2 heterocycles. The standard InChI is InChI=1S/C19H27N3O4.ClH/c1-26-14-19(6-8-20-9-7-19)18(25)22-12-10-21(11-13-22)17(24)15-4-2-3-5-16(15)23;/h2-5,20,23H,6-14H2,1H3;1H. The molecule has 1 aromatic rings. The molecule has 0 unspecified atom stereocenters. The van der Waals surface area contributed by atoms with E-state index >= 15 is 0 Å². The van der Waals surface area contributed by atoms with Gasteiger partial charge in [0.05, 0.1) is 17.6 Å². The first-order chi connectivity index (χ1) is 12.6. The number of phenols is 1.